The zero-order valence-electron chi connectivity index (χ0n) is 18.5. The molecule has 174 valence electrons. The predicted octanol–water partition coefficient (Wildman–Crippen LogP) is 3.99. The van der Waals surface area contributed by atoms with Crippen molar-refractivity contribution in [3.63, 3.8) is 0 Å². The second kappa shape index (κ2) is 11.1. The quantitative estimate of drug-likeness (QED) is 0.469. The van der Waals surface area contributed by atoms with Crippen molar-refractivity contribution < 1.29 is 22.3 Å². The van der Waals surface area contributed by atoms with Crippen LogP contribution in [0.2, 0.25) is 0 Å². The number of nitrogens with one attached hydrogen (secondary N) is 2. The molecule has 0 radical (unpaired) electrons. The molecule has 0 saturated carbocycles. The average Bonchev–Trinajstić information content (AvgIpc) is 2.80. The monoisotopic (exact) mass is 470 g/mol. The molecule has 0 aliphatic rings. The number of rotatable bonds is 10. The molecule has 0 spiro atoms. The van der Waals surface area contributed by atoms with E-state index in [1.54, 1.807) is 31.2 Å². The standard InChI is InChI=1S/C25H27FN2O4S/c1-3-32-21-15-13-20(14-16-21)18(2)27-25(29)23(17-19-9-5-4-6-10-19)28-33(30,31)24-12-8-7-11-22(24)26/h4-16,18,23,28H,3,17H2,1-2H3,(H,27,29)/t18?,23-/m0/s1. The molecule has 0 fully saturated rings. The summed E-state index contributed by atoms with van der Waals surface area (Å²) in [6.45, 7) is 4.25. The van der Waals surface area contributed by atoms with Gasteiger partial charge in [0, 0.05) is 0 Å². The van der Waals surface area contributed by atoms with Crippen molar-refractivity contribution in [3.05, 3.63) is 95.8 Å². The Morgan fingerprint density at radius 3 is 2.24 bits per heavy atom. The molecule has 0 saturated heterocycles. The normalized spacial score (nSPS) is 13.2. The molecule has 3 aromatic carbocycles. The molecule has 0 heterocycles. The Morgan fingerprint density at radius 2 is 1.61 bits per heavy atom. The first kappa shape index (κ1) is 24.4. The van der Waals surface area contributed by atoms with Crippen LogP contribution in [-0.2, 0) is 21.2 Å². The topological polar surface area (TPSA) is 84.5 Å². The molecule has 33 heavy (non-hydrogen) atoms. The Labute approximate surface area is 193 Å². The van der Waals surface area contributed by atoms with Crippen molar-refractivity contribution in [2.45, 2.75) is 37.2 Å². The zero-order valence-corrected chi connectivity index (χ0v) is 19.3. The summed E-state index contributed by atoms with van der Waals surface area (Å²) in [5, 5.41) is 2.86. The lowest BCUT2D eigenvalue weighted by Crippen LogP contribution is -2.48. The van der Waals surface area contributed by atoms with Crippen molar-refractivity contribution in [1.82, 2.24) is 10.0 Å². The van der Waals surface area contributed by atoms with Crippen LogP contribution >= 0.6 is 0 Å². The fraction of sp³-hybridized carbons (Fsp3) is 0.240. The Kier molecular flexibility index (Phi) is 8.19. The third-order valence-corrected chi connectivity index (χ3v) is 6.58. The lowest BCUT2D eigenvalue weighted by atomic mass is 10.0. The van der Waals surface area contributed by atoms with Gasteiger partial charge in [0.05, 0.1) is 12.6 Å². The van der Waals surface area contributed by atoms with Crippen molar-refractivity contribution in [3.8, 4) is 5.75 Å². The van der Waals surface area contributed by atoms with Crippen LogP contribution in [0.15, 0.2) is 83.8 Å². The Hall–Kier alpha value is -3.23. The van der Waals surface area contributed by atoms with Crippen molar-refractivity contribution in [1.29, 1.82) is 0 Å². The van der Waals surface area contributed by atoms with Gasteiger partial charge in [-0.1, -0.05) is 54.6 Å². The maximum Gasteiger partial charge on any atom is 0.244 e. The highest BCUT2D eigenvalue weighted by Gasteiger charge is 2.28. The van der Waals surface area contributed by atoms with E-state index in [1.807, 2.05) is 37.3 Å². The SMILES string of the molecule is CCOc1ccc(C(C)NC(=O)[C@H](Cc2ccccc2)NS(=O)(=O)c2ccccc2F)cc1. The fourth-order valence-electron chi connectivity index (χ4n) is 3.37. The Balaban J connectivity index is 1.81. The number of halogens is 1. The van der Waals surface area contributed by atoms with Gasteiger partial charge in [0.1, 0.15) is 22.5 Å². The second-order valence-corrected chi connectivity index (χ2v) is 9.21. The van der Waals surface area contributed by atoms with E-state index < -0.39 is 32.7 Å². The van der Waals surface area contributed by atoms with Crippen LogP contribution in [0.25, 0.3) is 0 Å². The second-order valence-electron chi connectivity index (χ2n) is 7.53. The summed E-state index contributed by atoms with van der Waals surface area (Å²) in [7, 11) is -4.27. The van der Waals surface area contributed by atoms with Crippen LogP contribution in [-0.4, -0.2) is 27.0 Å². The number of carbonyl (C=O) groups is 1. The van der Waals surface area contributed by atoms with Gasteiger partial charge >= 0.3 is 0 Å². The van der Waals surface area contributed by atoms with E-state index in [0.717, 1.165) is 29.0 Å². The maximum atomic E-state index is 14.2. The molecule has 1 unspecified atom stereocenters. The van der Waals surface area contributed by atoms with Crippen LogP contribution in [0.4, 0.5) is 4.39 Å². The van der Waals surface area contributed by atoms with E-state index in [2.05, 4.69) is 10.0 Å². The molecule has 8 heteroatoms. The molecule has 6 nitrogen and oxygen atoms in total. The summed E-state index contributed by atoms with van der Waals surface area (Å²) in [6, 6.07) is 19.9. The number of hydrogen-bond donors (Lipinski definition) is 2. The zero-order chi connectivity index (χ0) is 23.8. The Morgan fingerprint density at radius 1 is 0.970 bits per heavy atom. The van der Waals surface area contributed by atoms with Crippen molar-refractivity contribution in [2.24, 2.45) is 0 Å². The molecular formula is C25H27FN2O4S. The molecule has 3 aromatic rings. The van der Waals surface area contributed by atoms with E-state index in [-0.39, 0.29) is 12.5 Å². The number of hydrogen-bond acceptors (Lipinski definition) is 4. The highest BCUT2D eigenvalue weighted by Crippen LogP contribution is 2.19. The van der Waals surface area contributed by atoms with Gasteiger partial charge in [0.15, 0.2) is 0 Å². The summed E-state index contributed by atoms with van der Waals surface area (Å²) < 4.78 is 47.7. The summed E-state index contributed by atoms with van der Waals surface area (Å²) in [5.41, 5.74) is 1.60. The molecule has 0 bridgehead atoms. The van der Waals surface area contributed by atoms with Gasteiger partial charge in [-0.15, -0.1) is 0 Å². The maximum absolute atomic E-state index is 14.2. The van der Waals surface area contributed by atoms with Gasteiger partial charge in [0.25, 0.3) is 0 Å². The third-order valence-electron chi connectivity index (χ3n) is 5.07. The highest BCUT2D eigenvalue weighted by atomic mass is 32.2. The van der Waals surface area contributed by atoms with Gasteiger partial charge in [0.2, 0.25) is 15.9 Å². The summed E-state index contributed by atoms with van der Waals surface area (Å²) >= 11 is 0. The number of sulfonamides is 1. The van der Waals surface area contributed by atoms with Crippen LogP contribution in [0.5, 0.6) is 5.75 Å². The first-order valence-corrected chi connectivity index (χ1v) is 12.1. The van der Waals surface area contributed by atoms with E-state index in [0.29, 0.717) is 6.61 Å². The number of ether oxygens (including phenoxy) is 1. The van der Waals surface area contributed by atoms with Gasteiger partial charge in [-0.2, -0.15) is 4.72 Å². The smallest absolute Gasteiger partial charge is 0.244 e. The molecule has 2 N–H and O–H groups in total. The largest absolute Gasteiger partial charge is 0.494 e. The van der Waals surface area contributed by atoms with Gasteiger partial charge < -0.3 is 10.1 Å². The lowest BCUT2D eigenvalue weighted by molar-refractivity contribution is -0.123. The number of carbonyl (C=O) groups excluding carboxylic acids is 1. The fourth-order valence-corrected chi connectivity index (χ4v) is 4.64. The predicted molar refractivity (Wildman–Crippen MR) is 125 cm³/mol. The lowest BCUT2D eigenvalue weighted by Gasteiger charge is -2.22. The minimum atomic E-state index is -4.27. The molecular weight excluding hydrogens is 443 g/mol. The number of benzene rings is 3. The van der Waals surface area contributed by atoms with Gasteiger partial charge in [-0.3, -0.25) is 4.79 Å². The van der Waals surface area contributed by atoms with Crippen LogP contribution in [0.1, 0.15) is 31.0 Å². The summed E-state index contributed by atoms with van der Waals surface area (Å²) in [5.74, 6) is -0.675. The first-order chi connectivity index (χ1) is 15.8. The highest BCUT2D eigenvalue weighted by molar-refractivity contribution is 7.89. The van der Waals surface area contributed by atoms with Crippen LogP contribution in [0.3, 0.4) is 0 Å². The van der Waals surface area contributed by atoms with Crippen molar-refractivity contribution in [2.75, 3.05) is 6.61 Å². The third kappa shape index (κ3) is 6.63. The number of amides is 1. The Bertz CT molecular complexity index is 1170. The van der Waals surface area contributed by atoms with E-state index in [4.69, 9.17) is 4.74 Å². The van der Waals surface area contributed by atoms with E-state index in [1.165, 1.54) is 12.1 Å². The summed E-state index contributed by atoms with van der Waals surface area (Å²) in [6.07, 6.45) is 0.107. The minimum Gasteiger partial charge on any atom is -0.494 e. The first-order valence-electron chi connectivity index (χ1n) is 10.6. The molecule has 0 aliphatic carbocycles. The average molecular weight is 471 g/mol. The van der Waals surface area contributed by atoms with Crippen molar-refractivity contribution >= 4 is 15.9 Å². The van der Waals surface area contributed by atoms with Crippen LogP contribution < -0.4 is 14.8 Å². The molecule has 1 amide bonds. The molecule has 3 rings (SSSR count). The van der Waals surface area contributed by atoms with E-state index >= 15 is 0 Å². The van der Waals surface area contributed by atoms with Gasteiger partial charge in [-0.25, -0.2) is 12.8 Å². The van der Waals surface area contributed by atoms with Gasteiger partial charge in [-0.05, 0) is 55.7 Å². The summed E-state index contributed by atoms with van der Waals surface area (Å²) in [4.78, 5) is 12.6. The minimum absolute atomic E-state index is 0.107. The molecule has 0 aliphatic heterocycles. The molecule has 2 atom stereocenters. The van der Waals surface area contributed by atoms with Crippen LogP contribution in [0, 0.1) is 5.82 Å². The van der Waals surface area contributed by atoms with E-state index in [9.17, 15) is 17.6 Å². The molecule has 0 aromatic heterocycles.